The maximum absolute atomic E-state index is 13.5. The number of oxime groups is 1. The number of aliphatic hydroxyl groups excluding tert-OH is 1. The smallest absolute Gasteiger partial charge is 0.260 e. The molecule has 1 atom stereocenters. The molecular formula is C24H22FN3O3S. The van der Waals surface area contributed by atoms with E-state index in [0.717, 1.165) is 41.0 Å². The van der Waals surface area contributed by atoms with Crippen molar-refractivity contribution in [3.8, 4) is 17.0 Å². The third-order valence-corrected chi connectivity index (χ3v) is 6.46. The molecule has 0 amide bonds. The highest BCUT2D eigenvalue weighted by Gasteiger charge is 2.49. The monoisotopic (exact) mass is 451 g/mol. The number of thiazole rings is 1. The summed E-state index contributed by atoms with van der Waals surface area (Å²) >= 11 is 1.54. The van der Waals surface area contributed by atoms with Crippen molar-refractivity contribution in [3.05, 3.63) is 75.9 Å². The Balaban J connectivity index is 1.47. The van der Waals surface area contributed by atoms with Crippen LogP contribution in [0.15, 0.2) is 64.1 Å². The molecule has 1 N–H and O–H groups in total. The van der Waals surface area contributed by atoms with Gasteiger partial charge in [-0.25, -0.2) is 9.37 Å². The molecule has 1 fully saturated rings. The first-order chi connectivity index (χ1) is 15.6. The van der Waals surface area contributed by atoms with Gasteiger partial charge in [-0.3, -0.25) is 0 Å². The molecule has 0 saturated carbocycles. The predicted molar refractivity (Wildman–Crippen MR) is 122 cm³/mol. The molecule has 1 saturated heterocycles. The van der Waals surface area contributed by atoms with Crippen LogP contribution in [0.1, 0.15) is 24.0 Å². The second-order valence-corrected chi connectivity index (χ2v) is 8.43. The second kappa shape index (κ2) is 8.37. The highest BCUT2D eigenvalue weighted by atomic mass is 32.1. The lowest BCUT2D eigenvalue weighted by Crippen LogP contribution is -2.51. The zero-order valence-corrected chi connectivity index (χ0v) is 18.3. The lowest BCUT2D eigenvalue weighted by Gasteiger charge is -2.38. The first-order valence-electron chi connectivity index (χ1n) is 10.3. The summed E-state index contributed by atoms with van der Waals surface area (Å²) in [6.45, 7) is 0.384. The van der Waals surface area contributed by atoms with Gasteiger partial charge < -0.3 is 19.6 Å². The van der Waals surface area contributed by atoms with Crippen LogP contribution in [0, 0.1) is 5.82 Å². The first kappa shape index (κ1) is 20.7. The van der Waals surface area contributed by atoms with Gasteiger partial charge in [0.05, 0.1) is 18.3 Å². The van der Waals surface area contributed by atoms with Gasteiger partial charge in [0.25, 0.3) is 5.72 Å². The van der Waals surface area contributed by atoms with Gasteiger partial charge in [-0.05, 0) is 66.5 Å². The Morgan fingerprint density at radius 2 is 2.12 bits per heavy atom. The topological polar surface area (TPSA) is 67.2 Å². The summed E-state index contributed by atoms with van der Waals surface area (Å²) in [5.41, 5.74) is 5.13. The van der Waals surface area contributed by atoms with Crippen LogP contribution in [0.3, 0.4) is 0 Å². The third-order valence-electron chi connectivity index (χ3n) is 5.87. The van der Waals surface area contributed by atoms with E-state index in [9.17, 15) is 9.50 Å². The molecule has 0 radical (unpaired) electrons. The average Bonchev–Trinajstić information content (AvgIpc) is 3.49. The van der Waals surface area contributed by atoms with Gasteiger partial charge in [-0.1, -0.05) is 11.2 Å². The van der Waals surface area contributed by atoms with Crippen LogP contribution in [0.5, 0.6) is 5.75 Å². The summed E-state index contributed by atoms with van der Waals surface area (Å²) in [4.78, 5) is 12.2. The van der Waals surface area contributed by atoms with Crippen LogP contribution in [0.25, 0.3) is 17.3 Å². The highest BCUT2D eigenvalue weighted by molar-refractivity contribution is 7.07. The number of halogens is 1. The number of hydrogen-bond acceptors (Lipinski definition) is 7. The van der Waals surface area contributed by atoms with Crippen molar-refractivity contribution in [3.63, 3.8) is 0 Å². The van der Waals surface area contributed by atoms with Crippen molar-refractivity contribution in [2.45, 2.75) is 18.6 Å². The number of aromatic nitrogens is 1. The van der Waals surface area contributed by atoms with Gasteiger partial charge in [0.15, 0.2) is 5.84 Å². The standard InChI is InChI=1S/C24H22FN3O3S/c1-30-22-12-16(4-9-20(22)21-13-32-15-26-21)11-17-3-2-10-28-23(17)27-31-24(28,14-29)18-5-7-19(25)8-6-18/h4-9,11-13,15,29H,2-3,10,14H2,1H3. The highest BCUT2D eigenvalue weighted by Crippen LogP contribution is 2.40. The summed E-state index contributed by atoms with van der Waals surface area (Å²) in [6.07, 6.45) is 3.78. The zero-order chi connectivity index (χ0) is 22.1. The number of ether oxygens (including phenoxy) is 1. The fourth-order valence-corrected chi connectivity index (χ4v) is 4.82. The molecule has 0 aliphatic carbocycles. The van der Waals surface area contributed by atoms with E-state index in [1.54, 1.807) is 36.1 Å². The van der Waals surface area contributed by atoms with E-state index in [-0.39, 0.29) is 12.4 Å². The molecule has 3 heterocycles. The molecule has 164 valence electrons. The lowest BCUT2D eigenvalue weighted by molar-refractivity contribution is -0.137. The van der Waals surface area contributed by atoms with Crippen LogP contribution < -0.4 is 4.74 Å². The molecule has 3 aromatic rings. The van der Waals surface area contributed by atoms with Gasteiger partial charge in [-0.15, -0.1) is 11.3 Å². The molecule has 1 unspecified atom stereocenters. The van der Waals surface area contributed by atoms with Crippen LogP contribution in [0.2, 0.25) is 0 Å². The average molecular weight is 452 g/mol. The van der Waals surface area contributed by atoms with E-state index < -0.39 is 5.72 Å². The van der Waals surface area contributed by atoms with Crippen molar-refractivity contribution in [1.29, 1.82) is 0 Å². The van der Waals surface area contributed by atoms with Gasteiger partial charge in [-0.2, -0.15) is 0 Å². The number of benzene rings is 2. The van der Waals surface area contributed by atoms with Gasteiger partial charge in [0.2, 0.25) is 0 Å². The molecule has 0 bridgehead atoms. The van der Waals surface area contributed by atoms with E-state index in [2.05, 4.69) is 16.2 Å². The minimum Gasteiger partial charge on any atom is -0.496 e. The van der Waals surface area contributed by atoms with Crippen LogP contribution >= 0.6 is 11.3 Å². The van der Waals surface area contributed by atoms with E-state index in [4.69, 9.17) is 9.57 Å². The van der Waals surface area contributed by atoms with E-state index in [1.807, 2.05) is 28.5 Å². The molecule has 6 nitrogen and oxygen atoms in total. The SMILES string of the molecule is COc1cc(C=C2CCCN3C2=NOC3(CO)c2ccc(F)cc2)ccc1-c1cscn1. The molecule has 2 aliphatic heterocycles. The first-order valence-corrected chi connectivity index (χ1v) is 11.3. The van der Waals surface area contributed by atoms with Crippen LogP contribution in [-0.4, -0.2) is 41.1 Å². The summed E-state index contributed by atoms with van der Waals surface area (Å²) in [7, 11) is 1.65. The summed E-state index contributed by atoms with van der Waals surface area (Å²) in [6, 6.07) is 12.0. The minimum atomic E-state index is -1.14. The summed E-state index contributed by atoms with van der Waals surface area (Å²) < 4.78 is 19.1. The predicted octanol–water partition coefficient (Wildman–Crippen LogP) is 4.63. The molecular weight excluding hydrogens is 429 g/mol. The molecule has 2 aliphatic rings. The van der Waals surface area contributed by atoms with E-state index >= 15 is 0 Å². The Morgan fingerprint density at radius 3 is 2.84 bits per heavy atom. The van der Waals surface area contributed by atoms with Crippen molar-refractivity contribution in [2.24, 2.45) is 5.16 Å². The van der Waals surface area contributed by atoms with Crippen molar-refractivity contribution in [2.75, 3.05) is 20.3 Å². The quantitative estimate of drug-likeness (QED) is 0.613. The van der Waals surface area contributed by atoms with Crippen molar-refractivity contribution >= 4 is 23.2 Å². The van der Waals surface area contributed by atoms with Crippen molar-refractivity contribution in [1.82, 2.24) is 9.88 Å². The van der Waals surface area contributed by atoms with E-state index in [0.29, 0.717) is 17.9 Å². The molecule has 8 heteroatoms. The maximum atomic E-state index is 13.5. The Bertz CT molecular complexity index is 1180. The number of hydrogen-bond donors (Lipinski definition) is 1. The lowest BCUT2D eigenvalue weighted by atomic mass is 9.94. The molecule has 32 heavy (non-hydrogen) atoms. The van der Waals surface area contributed by atoms with E-state index in [1.165, 1.54) is 12.1 Å². The number of piperidine rings is 1. The number of nitrogens with zero attached hydrogens (tertiary/aromatic N) is 3. The summed E-state index contributed by atoms with van der Waals surface area (Å²) in [5.74, 6) is 1.10. The number of aliphatic hydroxyl groups is 1. The minimum absolute atomic E-state index is 0.297. The summed E-state index contributed by atoms with van der Waals surface area (Å²) in [5, 5.41) is 16.6. The van der Waals surface area contributed by atoms with Crippen LogP contribution in [0.4, 0.5) is 4.39 Å². The van der Waals surface area contributed by atoms with Crippen molar-refractivity contribution < 1.29 is 19.1 Å². The molecule has 1 aromatic heterocycles. The normalized spacial score (nSPS) is 21.3. The largest absolute Gasteiger partial charge is 0.496 e. The third kappa shape index (κ3) is 3.45. The molecule has 2 aromatic carbocycles. The number of amidine groups is 1. The van der Waals surface area contributed by atoms with Gasteiger partial charge in [0, 0.05) is 23.1 Å². The Labute approximate surface area is 189 Å². The zero-order valence-electron chi connectivity index (χ0n) is 17.5. The second-order valence-electron chi connectivity index (χ2n) is 7.71. The fourth-order valence-electron chi connectivity index (χ4n) is 4.26. The fraction of sp³-hybridized carbons (Fsp3) is 0.250. The molecule has 5 rings (SSSR count). The number of rotatable bonds is 5. The Morgan fingerprint density at radius 1 is 1.28 bits per heavy atom. The number of fused-ring (bicyclic) bond motifs is 1. The van der Waals surface area contributed by atoms with Gasteiger partial charge in [0.1, 0.15) is 18.2 Å². The van der Waals surface area contributed by atoms with Gasteiger partial charge >= 0.3 is 0 Å². The Hall–Kier alpha value is -3.23. The van der Waals surface area contributed by atoms with Crippen LogP contribution in [-0.2, 0) is 10.6 Å². The molecule has 0 spiro atoms. The Kier molecular flexibility index (Phi) is 5.40. The maximum Gasteiger partial charge on any atom is 0.260 e. The number of methoxy groups -OCH3 is 1.